The van der Waals surface area contributed by atoms with E-state index in [2.05, 4.69) is 5.32 Å². The Balaban J connectivity index is 2.07. The lowest BCUT2D eigenvalue weighted by atomic mass is 9.87. The molecule has 0 unspecified atom stereocenters. The van der Waals surface area contributed by atoms with Crippen molar-refractivity contribution in [3.63, 3.8) is 0 Å². The van der Waals surface area contributed by atoms with E-state index >= 15 is 0 Å². The van der Waals surface area contributed by atoms with Gasteiger partial charge in [0.2, 0.25) is 5.91 Å². The number of carbonyl (C=O) groups excluding carboxylic acids is 1. The van der Waals surface area contributed by atoms with Crippen molar-refractivity contribution >= 4 is 46.4 Å². The molecular formula is C13H14Cl3NO2. The molecule has 104 valence electrons. The Morgan fingerprint density at radius 1 is 1.11 bits per heavy atom. The first-order valence-corrected chi connectivity index (χ1v) is 7.24. The minimum absolute atomic E-state index is 0.105. The topological polar surface area (TPSA) is 49.3 Å². The minimum atomic E-state index is -0.285. The van der Waals surface area contributed by atoms with Crippen molar-refractivity contribution in [2.24, 2.45) is 5.92 Å². The molecule has 2 N–H and O–H groups in total. The fourth-order valence-corrected chi connectivity index (χ4v) is 3.14. The van der Waals surface area contributed by atoms with Crippen LogP contribution in [0.3, 0.4) is 0 Å². The fraction of sp³-hybridized carbons (Fsp3) is 0.462. The number of halogens is 3. The molecule has 3 nitrogen and oxygen atoms in total. The van der Waals surface area contributed by atoms with E-state index in [0.717, 1.165) is 0 Å². The van der Waals surface area contributed by atoms with Gasteiger partial charge in [-0.25, -0.2) is 0 Å². The lowest BCUT2D eigenvalue weighted by Gasteiger charge is -2.24. The highest BCUT2D eigenvalue weighted by atomic mass is 35.5. The van der Waals surface area contributed by atoms with Gasteiger partial charge in [0.05, 0.1) is 21.8 Å². The summed E-state index contributed by atoms with van der Waals surface area (Å²) in [5.74, 6) is -0.218. The Morgan fingerprint density at radius 2 is 1.63 bits per heavy atom. The van der Waals surface area contributed by atoms with E-state index in [1.54, 1.807) is 0 Å². The second-order valence-corrected chi connectivity index (χ2v) is 5.99. The number of aliphatic hydroxyl groups is 1. The SMILES string of the molecule is O=C(Nc1c(Cl)cc(Cl)cc1Cl)C1CCC(O)CC1. The van der Waals surface area contributed by atoms with Crippen molar-refractivity contribution in [3.8, 4) is 0 Å². The smallest absolute Gasteiger partial charge is 0.227 e. The number of nitrogens with one attached hydrogen (secondary N) is 1. The third kappa shape index (κ3) is 3.76. The van der Waals surface area contributed by atoms with Crippen LogP contribution in [0.25, 0.3) is 0 Å². The summed E-state index contributed by atoms with van der Waals surface area (Å²) in [6.07, 6.45) is 2.37. The number of benzene rings is 1. The number of anilines is 1. The molecule has 1 amide bonds. The Hall–Kier alpha value is -0.480. The van der Waals surface area contributed by atoms with Crippen molar-refractivity contribution in [3.05, 3.63) is 27.2 Å². The molecule has 0 radical (unpaired) electrons. The number of rotatable bonds is 2. The minimum Gasteiger partial charge on any atom is -0.393 e. The maximum atomic E-state index is 12.1. The first-order chi connectivity index (χ1) is 8.97. The average molecular weight is 323 g/mol. The molecule has 6 heteroatoms. The molecule has 2 rings (SSSR count). The number of amides is 1. The summed E-state index contributed by atoms with van der Waals surface area (Å²) in [7, 11) is 0. The van der Waals surface area contributed by atoms with E-state index in [0.29, 0.717) is 46.4 Å². The summed E-state index contributed by atoms with van der Waals surface area (Å²) in [6.45, 7) is 0. The first kappa shape index (κ1) is 14.9. The van der Waals surface area contributed by atoms with Gasteiger partial charge in [-0.05, 0) is 37.8 Å². The van der Waals surface area contributed by atoms with Gasteiger partial charge in [0, 0.05) is 10.9 Å². The molecule has 0 aromatic heterocycles. The Labute approximate surface area is 126 Å². The van der Waals surface area contributed by atoms with Gasteiger partial charge in [0.25, 0.3) is 0 Å². The first-order valence-electron chi connectivity index (χ1n) is 6.11. The van der Waals surface area contributed by atoms with Gasteiger partial charge in [0.15, 0.2) is 0 Å². The third-order valence-corrected chi connectivity index (χ3v) is 4.14. The maximum absolute atomic E-state index is 12.1. The maximum Gasteiger partial charge on any atom is 0.227 e. The normalized spacial score (nSPS) is 23.2. The summed E-state index contributed by atoms with van der Waals surface area (Å²) in [6, 6.07) is 3.07. The quantitative estimate of drug-likeness (QED) is 0.860. The molecule has 0 heterocycles. The van der Waals surface area contributed by atoms with E-state index in [9.17, 15) is 9.90 Å². The lowest BCUT2D eigenvalue weighted by molar-refractivity contribution is -0.121. The van der Waals surface area contributed by atoms with Crippen LogP contribution in [-0.4, -0.2) is 17.1 Å². The van der Waals surface area contributed by atoms with Crippen molar-refractivity contribution in [2.75, 3.05) is 5.32 Å². The number of hydrogen-bond donors (Lipinski definition) is 2. The average Bonchev–Trinajstić information content (AvgIpc) is 2.34. The molecule has 1 saturated carbocycles. The zero-order chi connectivity index (χ0) is 14.0. The second-order valence-electron chi connectivity index (χ2n) is 4.74. The van der Waals surface area contributed by atoms with Gasteiger partial charge < -0.3 is 10.4 Å². The summed E-state index contributed by atoms with van der Waals surface area (Å²) >= 11 is 17.8. The van der Waals surface area contributed by atoms with Crippen molar-refractivity contribution in [1.82, 2.24) is 0 Å². The molecule has 1 aliphatic carbocycles. The fourth-order valence-electron chi connectivity index (χ4n) is 2.22. The Morgan fingerprint density at radius 3 is 2.16 bits per heavy atom. The van der Waals surface area contributed by atoms with Crippen molar-refractivity contribution in [1.29, 1.82) is 0 Å². The van der Waals surface area contributed by atoms with Crippen molar-refractivity contribution < 1.29 is 9.90 Å². The zero-order valence-corrected chi connectivity index (χ0v) is 12.4. The van der Waals surface area contributed by atoms with Crippen LogP contribution in [0.1, 0.15) is 25.7 Å². The van der Waals surface area contributed by atoms with Gasteiger partial charge in [0.1, 0.15) is 0 Å². The molecule has 1 aromatic rings. The summed E-state index contributed by atoms with van der Waals surface area (Å²) in [5.41, 5.74) is 0.392. The van der Waals surface area contributed by atoms with Gasteiger partial charge in [-0.1, -0.05) is 34.8 Å². The number of aliphatic hydroxyl groups excluding tert-OH is 1. The molecule has 0 atom stereocenters. The van der Waals surface area contributed by atoms with Gasteiger partial charge in [-0.15, -0.1) is 0 Å². The molecule has 0 saturated heterocycles. The Kier molecular flexibility index (Phi) is 4.96. The third-order valence-electron chi connectivity index (χ3n) is 3.32. The van der Waals surface area contributed by atoms with Crippen LogP contribution in [0.2, 0.25) is 15.1 Å². The summed E-state index contributed by atoms with van der Waals surface area (Å²) < 4.78 is 0. The summed E-state index contributed by atoms with van der Waals surface area (Å²) in [4.78, 5) is 12.1. The van der Waals surface area contributed by atoms with Crippen LogP contribution in [0.15, 0.2) is 12.1 Å². The number of hydrogen-bond acceptors (Lipinski definition) is 2. The largest absolute Gasteiger partial charge is 0.393 e. The molecule has 0 bridgehead atoms. The van der Waals surface area contributed by atoms with Crippen LogP contribution in [0.4, 0.5) is 5.69 Å². The van der Waals surface area contributed by atoms with E-state index in [4.69, 9.17) is 34.8 Å². The summed E-state index contributed by atoms with van der Waals surface area (Å²) in [5, 5.41) is 13.2. The standard InChI is InChI=1S/C13H14Cl3NO2/c14-8-5-10(15)12(11(16)6-8)17-13(19)7-1-3-9(18)4-2-7/h5-7,9,18H,1-4H2,(H,17,19). The molecule has 0 spiro atoms. The van der Waals surface area contributed by atoms with E-state index in [1.807, 2.05) is 0 Å². The Bertz CT molecular complexity index is 462. The van der Waals surface area contributed by atoms with Crippen LogP contribution >= 0.6 is 34.8 Å². The molecule has 1 aliphatic rings. The monoisotopic (exact) mass is 321 g/mol. The van der Waals surface area contributed by atoms with Crippen LogP contribution in [-0.2, 0) is 4.79 Å². The highest BCUT2D eigenvalue weighted by molar-refractivity contribution is 6.42. The number of carbonyl (C=O) groups is 1. The van der Waals surface area contributed by atoms with Crippen LogP contribution in [0.5, 0.6) is 0 Å². The van der Waals surface area contributed by atoms with E-state index in [-0.39, 0.29) is 17.9 Å². The molecule has 19 heavy (non-hydrogen) atoms. The van der Waals surface area contributed by atoms with Crippen LogP contribution < -0.4 is 5.32 Å². The molecule has 1 fully saturated rings. The molecule has 1 aromatic carbocycles. The van der Waals surface area contributed by atoms with Gasteiger partial charge in [-0.2, -0.15) is 0 Å². The highest BCUT2D eigenvalue weighted by Crippen LogP contribution is 2.35. The molecular weight excluding hydrogens is 309 g/mol. The van der Waals surface area contributed by atoms with Crippen LogP contribution in [0, 0.1) is 5.92 Å². The highest BCUT2D eigenvalue weighted by Gasteiger charge is 2.26. The predicted molar refractivity (Wildman–Crippen MR) is 78.1 cm³/mol. The second kappa shape index (κ2) is 6.31. The predicted octanol–water partition coefficient (Wildman–Crippen LogP) is 4.14. The molecule has 0 aliphatic heterocycles. The van der Waals surface area contributed by atoms with Gasteiger partial charge >= 0.3 is 0 Å². The zero-order valence-electron chi connectivity index (χ0n) is 10.1. The van der Waals surface area contributed by atoms with Gasteiger partial charge in [-0.3, -0.25) is 4.79 Å². The van der Waals surface area contributed by atoms with E-state index < -0.39 is 0 Å². The van der Waals surface area contributed by atoms with E-state index in [1.165, 1.54) is 12.1 Å². The van der Waals surface area contributed by atoms with Crippen molar-refractivity contribution in [2.45, 2.75) is 31.8 Å². The lowest BCUT2D eigenvalue weighted by Crippen LogP contribution is -2.28.